The maximum atomic E-state index is 12.0. The van der Waals surface area contributed by atoms with Crippen LogP contribution in [-0.4, -0.2) is 18.4 Å². The number of hydrogen-bond acceptors (Lipinski definition) is 3. The van der Waals surface area contributed by atoms with Crippen LogP contribution in [0, 0.1) is 0 Å². The van der Waals surface area contributed by atoms with Gasteiger partial charge in [-0.15, -0.1) is 0 Å². The highest BCUT2D eigenvalue weighted by Gasteiger charge is 2.19. The summed E-state index contributed by atoms with van der Waals surface area (Å²) >= 11 is 1.66. The lowest BCUT2D eigenvalue weighted by Crippen LogP contribution is -2.36. The fourth-order valence-corrected chi connectivity index (χ4v) is 2.69. The maximum Gasteiger partial charge on any atom is 0.154 e. The number of ketones is 1. The Balaban J connectivity index is 1.89. The molecular weight excluding hydrogens is 206 g/mol. The Labute approximate surface area is 94.7 Å². The van der Waals surface area contributed by atoms with Crippen LogP contribution < -0.4 is 5.32 Å². The van der Waals surface area contributed by atoms with Crippen LogP contribution in [0.5, 0.6) is 0 Å². The van der Waals surface area contributed by atoms with Crippen LogP contribution in [0.3, 0.4) is 0 Å². The van der Waals surface area contributed by atoms with Crippen molar-refractivity contribution in [3.8, 4) is 0 Å². The number of hydrogen-bond donors (Lipinski definition) is 1. The van der Waals surface area contributed by atoms with Crippen LogP contribution in [0.2, 0.25) is 0 Å². The molecule has 0 spiro atoms. The molecular formula is C12H17NOS. The molecule has 1 atom stereocenters. The zero-order chi connectivity index (χ0) is 10.5. The van der Waals surface area contributed by atoms with E-state index in [1.165, 1.54) is 19.3 Å². The Morgan fingerprint density at radius 1 is 1.47 bits per heavy atom. The molecule has 0 radical (unpaired) electrons. The van der Waals surface area contributed by atoms with Crippen molar-refractivity contribution >= 4 is 17.1 Å². The first-order valence-electron chi connectivity index (χ1n) is 5.63. The van der Waals surface area contributed by atoms with Crippen molar-refractivity contribution in [2.45, 2.75) is 38.1 Å². The first-order valence-corrected chi connectivity index (χ1v) is 6.58. The van der Waals surface area contributed by atoms with Gasteiger partial charge in [0.15, 0.2) is 5.78 Å². The number of carbonyl (C=O) groups excluding carboxylic acids is 1. The van der Waals surface area contributed by atoms with Crippen molar-refractivity contribution in [2.75, 3.05) is 6.54 Å². The topological polar surface area (TPSA) is 29.1 Å². The van der Waals surface area contributed by atoms with Crippen LogP contribution in [0.1, 0.15) is 31.2 Å². The van der Waals surface area contributed by atoms with E-state index in [2.05, 4.69) is 10.7 Å². The van der Waals surface area contributed by atoms with Crippen LogP contribution in [0.25, 0.3) is 0 Å². The first kappa shape index (κ1) is 10.8. The van der Waals surface area contributed by atoms with E-state index in [9.17, 15) is 4.79 Å². The van der Waals surface area contributed by atoms with Gasteiger partial charge in [0, 0.05) is 6.42 Å². The van der Waals surface area contributed by atoms with Crippen molar-refractivity contribution in [2.24, 2.45) is 0 Å². The van der Waals surface area contributed by atoms with Crippen molar-refractivity contribution < 1.29 is 4.79 Å². The largest absolute Gasteiger partial charge is 0.307 e. The molecule has 1 unspecified atom stereocenters. The van der Waals surface area contributed by atoms with E-state index in [0.717, 1.165) is 18.5 Å². The molecule has 1 aromatic rings. The Bertz CT molecular complexity index is 299. The van der Waals surface area contributed by atoms with Gasteiger partial charge in [-0.1, -0.05) is 12.8 Å². The number of Topliss-reactive ketones (excluding diaryl/α,β-unsaturated/α-hetero) is 1. The average Bonchev–Trinajstić information content (AvgIpc) is 2.58. The van der Waals surface area contributed by atoms with Crippen molar-refractivity contribution in [1.82, 2.24) is 5.32 Å². The van der Waals surface area contributed by atoms with Gasteiger partial charge in [0.1, 0.15) is 0 Å². The predicted molar refractivity (Wildman–Crippen MR) is 63.3 cm³/mol. The van der Waals surface area contributed by atoms with Gasteiger partial charge in [0.25, 0.3) is 0 Å². The third kappa shape index (κ3) is 3.14. The Kier molecular flexibility index (Phi) is 3.92. The number of carbonyl (C=O) groups is 1. The van der Waals surface area contributed by atoms with Gasteiger partial charge in [0.05, 0.1) is 6.04 Å². The summed E-state index contributed by atoms with van der Waals surface area (Å²) in [5, 5.41) is 7.44. The highest BCUT2D eigenvalue weighted by atomic mass is 32.1. The number of nitrogens with one attached hydrogen (secondary N) is 1. The van der Waals surface area contributed by atoms with Gasteiger partial charge < -0.3 is 5.32 Å². The Hall–Kier alpha value is -0.670. The molecule has 2 nitrogen and oxygen atoms in total. The smallest absolute Gasteiger partial charge is 0.154 e. The summed E-state index contributed by atoms with van der Waals surface area (Å²) in [5.41, 5.74) is 1.16. The Morgan fingerprint density at radius 3 is 3.20 bits per heavy atom. The van der Waals surface area contributed by atoms with Crippen molar-refractivity contribution in [3.05, 3.63) is 22.4 Å². The molecule has 1 aliphatic rings. The minimum absolute atomic E-state index is 0.104. The van der Waals surface area contributed by atoms with E-state index in [0.29, 0.717) is 12.2 Å². The monoisotopic (exact) mass is 223 g/mol. The lowest BCUT2D eigenvalue weighted by atomic mass is 10.0. The van der Waals surface area contributed by atoms with E-state index < -0.39 is 0 Å². The summed E-state index contributed by atoms with van der Waals surface area (Å²) in [6.45, 7) is 1.00. The van der Waals surface area contributed by atoms with Gasteiger partial charge in [-0.3, -0.25) is 4.79 Å². The fourth-order valence-electron chi connectivity index (χ4n) is 2.02. The second-order valence-corrected chi connectivity index (χ2v) is 4.91. The van der Waals surface area contributed by atoms with E-state index in [1.54, 1.807) is 11.3 Å². The van der Waals surface area contributed by atoms with E-state index in [4.69, 9.17) is 0 Å². The van der Waals surface area contributed by atoms with Gasteiger partial charge in [-0.2, -0.15) is 11.3 Å². The normalized spacial score (nSPS) is 22.3. The summed E-state index contributed by atoms with van der Waals surface area (Å²) < 4.78 is 0. The summed E-state index contributed by atoms with van der Waals surface area (Å²) in [6, 6.07) is 2.15. The molecule has 1 saturated heterocycles. The van der Waals surface area contributed by atoms with E-state index in [-0.39, 0.29) is 6.04 Å². The predicted octanol–water partition coefficient (Wildman–Crippen LogP) is 2.39. The minimum Gasteiger partial charge on any atom is -0.307 e. The molecule has 0 aromatic carbocycles. The molecule has 1 N–H and O–H groups in total. The lowest BCUT2D eigenvalue weighted by Gasteiger charge is -2.13. The van der Waals surface area contributed by atoms with E-state index in [1.807, 2.05) is 11.4 Å². The average molecular weight is 223 g/mol. The highest BCUT2D eigenvalue weighted by molar-refractivity contribution is 7.07. The molecule has 1 fully saturated rings. The first-order chi connectivity index (χ1) is 7.36. The third-order valence-corrected chi connectivity index (χ3v) is 3.64. The molecule has 1 aliphatic heterocycles. The van der Waals surface area contributed by atoms with Gasteiger partial charge in [-0.05, 0) is 41.8 Å². The fraction of sp³-hybridized carbons (Fsp3) is 0.583. The van der Waals surface area contributed by atoms with Crippen LogP contribution in [0.15, 0.2) is 16.8 Å². The summed E-state index contributed by atoms with van der Waals surface area (Å²) in [5.74, 6) is 0.357. The molecule has 0 saturated carbocycles. The summed E-state index contributed by atoms with van der Waals surface area (Å²) in [7, 11) is 0. The SMILES string of the molecule is O=C(Cc1ccsc1)C1CCCCCN1. The number of rotatable bonds is 3. The highest BCUT2D eigenvalue weighted by Crippen LogP contribution is 2.13. The third-order valence-electron chi connectivity index (χ3n) is 2.91. The minimum atomic E-state index is 0.104. The van der Waals surface area contributed by atoms with Crippen molar-refractivity contribution in [3.63, 3.8) is 0 Å². The second kappa shape index (κ2) is 5.42. The molecule has 2 heterocycles. The van der Waals surface area contributed by atoms with Gasteiger partial charge >= 0.3 is 0 Å². The van der Waals surface area contributed by atoms with Gasteiger partial charge in [0.2, 0.25) is 0 Å². The lowest BCUT2D eigenvalue weighted by molar-refractivity contribution is -0.120. The molecule has 15 heavy (non-hydrogen) atoms. The zero-order valence-corrected chi connectivity index (χ0v) is 9.69. The number of thiophene rings is 1. The maximum absolute atomic E-state index is 12.0. The van der Waals surface area contributed by atoms with Crippen LogP contribution in [-0.2, 0) is 11.2 Å². The molecule has 82 valence electrons. The molecule has 0 bridgehead atoms. The van der Waals surface area contributed by atoms with E-state index >= 15 is 0 Å². The zero-order valence-electron chi connectivity index (χ0n) is 8.87. The van der Waals surface area contributed by atoms with Crippen LogP contribution >= 0.6 is 11.3 Å². The molecule has 2 rings (SSSR count). The molecule has 3 heteroatoms. The molecule has 1 aromatic heterocycles. The summed E-state index contributed by atoms with van der Waals surface area (Å²) in [6.07, 6.45) is 5.27. The second-order valence-electron chi connectivity index (χ2n) is 4.13. The van der Waals surface area contributed by atoms with Crippen LogP contribution in [0.4, 0.5) is 0 Å². The molecule has 0 amide bonds. The van der Waals surface area contributed by atoms with Crippen molar-refractivity contribution in [1.29, 1.82) is 0 Å². The molecule has 0 aliphatic carbocycles. The quantitative estimate of drug-likeness (QED) is 0.852. The standard InChI is InChI=1S/C12H17NOS/c14-12(8-10-5-7-15-9-10)11-4-2-1-3-6-13-11/h5,7,9,11,13H,1-4,6,8H2. The Morgan fingerprint density at radius 2 is 2.40 bits per heavy atom. The summed E-state index contributed by atoms with van der Waals surface area (Å²) in [4.78, 5) is 12.0. The van der Waals surface area contributed by atoms with Gasteiger partial charge in [-0.25, -0.2) is 0 Å².